The molecule has 98 valence electrons. The van der Waals surface area contributed by atoms with Crippen LogP contribution in [-0.4, -0.2) is 14.4 Å². The number of halogens is 2. The van der Waals surface area contributed by atoms with Crippen LogP contribution in [0.25, 0.3) is 5.65 Å². The van der Waals surface area contributed by atoms with Crippen molar-refractivity contribution in [1.82, 2.24) is 19.7 Å². The van der Waals surface area contributed by atoms with E-state index in [0.29, 0.717) is 0 Å². The van der Waals surface area contributed by atoms with Gasteiger partial charge in [-0.05, 0) is 44.0 Å². The van der Waals surface area contributed by atoms with E-state index in [4.69, 9.17) is 0 Å². The number of aromatic nitrogens is 3. The van der Waals surface area contributed by atoms with Crippen LogP contribution in [0.5, 0.6) is 0 Å². The van der Waals surface area contributed by atoms with Gasteiger partial charge in [-0.2, -0.15) is 0 Å². The van der Waals surface area contributed by atoms with Crippen molar-refractivity contribution in [2.24, 2.45) is 0 Å². The van der Waals surface area contributed by atoms with Crippen LogP contribution in [0.4, 0.5) is 0 Å². The van der Waals surface area contributed by atoms with Crippen molar-refractivity contribution in [3.63, 3.8) is 0 Å². The summed E-state index contributed by atoms with van der Waals surface area (Å²) in [4.78, 5) is 9.79. The second-order valence-electron chi connectivity index (χ2n) is 4.00. The van der Waals surface area contributed by atoms with Crippen LogP contribution in [0.1, 0.15) is 10.6 Å². The van der Waals surface area contributed by atoms with Gasteiger partial charge < -0.3 is 5.32 Å². The molecule has 0 aliphatic carbocycles. The molecule has 0 aromatic carbocycles. The Morgan fingerprint density at radius 1 is 1.16 bits per heavy atom. The third kappa shape index (κ3) is 3.05. The van der Waals surface area contributed by atoms with E-state index in [1.807, 2.05) is 16.8 Å². The summed E-state index contributed by atoms with van der Waals surface area (Å²) in [6, 6.07) is 4.19. The molecule has 4 nitrogen and oxygen atoms in total. The third-order valence-corrected chi connectivity index (χ3v) is 4.71. The molecule has 7 heteroatoms. The molecule has 3 rings (SSSR count). The average molecular weight is 402 g/mol. The first-order chi connectivity index (χ1) is 9.22. The van der Waals surface area contributed by atoms with E-state index in [0.717, 1.165) is 32.8 Å². The first kappa shape index (κ1) is 13.2. The maximum atomic E-state index is 4.32. The molecule has 0 fully saturated rings. The largest absolute Gasteiger partial charge is 0.306 e. The van der Waals surface area contributed by atoms with Crippen molar-refractivity contribution >= 4 is 48.8 Å². The van der Waals surface area contributed by atoms with Gasteiger partial charge in [-0.1, -0.05) is 0 Å². The maximum Gasteiger partial charge on any atom is 0.155 e. The normalized spacial score (nSPS) is 11.3. The Morgan fingerprint density at radius 2 is 2.05 bits per heavy atom. The fraction of sp³-hybridized carbons (Fsp3) is 0.167. The van der Waals surface area contributed by atoms with Crippen molar-refractivity contribution in [2.75, 3.05) is 0 Å². The molecule has 19 heavy (non-hydrogen) atoms. The van der Waals surface area contributed by atoms with E-state index in [-0.39, 0.29) is 0 Å². The van der Waals surface area contributed by atoms with Gasteiger partial charge in [-0.3, -0.25) is 4.40 Å². The average Bonchev–Trinajstić information content (AvgIpc) is 2.97. The van der Waals surface area contributed by atoms with Crippen LogP contribution in [0, 0.1) is 0 Å². The molecule has 0 aliphatic rings. The molecule has 0 radical (unpaired) electrons. The van der Waals surface area contributed by atoms with E-state index >= 15 is 0 Å². The lowest BCUT2D eigenvalue weighted by Crippen LogP contribution is -2.13. The zero-order valence-electron chi connectivity index (χ0n) is 9.81. The van der Waals surface area contributed by atoms with Gasteiger partial charge in [0, 0.05) is 24.2 Å². The van der Waals surface area contributed by atoms with Gasteiger partial charge in [0.1, 0.15) is 4.60 Å². The first-order valence-corrected chi connectivity index (χ1v) is 8.05. The zero-order valence-corrected chi connectivity index (χ0v) is 13.8. The minimum atomic E-state index is 0.771. The van der Waals surface area contributed by atoms with Gasteiger partial charge in [0.15, 0.2) is 5.65 Å². The van der Waals surface area contributed by atoms with E-state index < -0.39 is 0 Å². The molecular weight excluding hydrogens is 392 g/mol. The van der Waals surface area contributed by atoms with Crippen molar-refractivity contribution in [3.05, 3.63) is 49.7 Å². The SMILES string of the molecule is Brc1cn2c(CNCc3ccc(Br)s3)cnc2cn1. The highest BCUT2D eigenvalue weighted by molar-refractivity contribution is 9.11. The highest BCUT2D eigenvalue weighted by atomic mass is 79.9. The van der Waals surface area contributed by atoms with Gasteiger partial charge in [0.05, 0.1) is 21.9 Å². The minimum absolute atomic E-state index is 0.771. The second-order valence-corrected chi connectivity index (χ2v) is 7.36. The van der Waals surface area contributed by atoms with E-state index in [9.17, 15) is 0 Å². The molecule has 3 heterocycles. The molecule has 0 spiro atoms. The fourth-order valence-corrected chi connectivity index (χ4v) is 3.57. The number of rotatable bonds is 4. The van der Waals surface area contributed by atoms with Crippen molar-refractivity contribution < 1.29 is 0 Å². The van der Waals surface area contributed by atoms with Crippen LogP contribution < -0.4 is 5.32 Å². The molecule has 0 aliphatic heterocycles. The number of imidazole rings is 1. The van der Waals surface area contributed by atoms with Crippen molar-refractivity contribution in [3.8, 4) is 0 Å². The summed E-state index contributed by atoms with van der Waals surface area (Å²) in [5.41, 5.74) is 1.98. The highest BCUT2D eigenvalue weighted by Gasteiger charge is 2.04. The zero-order chi connectivity index (χ0) is 13.2. The summed E-state index contributed by atoms with van der Waals surface area (Å²) in [6.45, 7) is 1.63. The summed E-state index contributed by atoms with van der Waals surface area (Å²) in [7, 11) is 0. The number of hydrogen-bond acceptors (Lipinski definition) is 4. The third-order valence-electron chi connectivity index (χ3n) is 2.68. The minimum Gasteiger partial charge on any atom is -0.306 e. The Kier molecular flexibility index (Phi) is 3.97. The highest BCUT2D eigenvalue weighted by Crippen LogP contribution is 2.21. The molecule has 0 unspecified atom stereocenters. The molecule has 3 aromatic heterocycles. The maximum absolute atomic E-state index is 4.32. The van der Waals surface area contributed by atoms with Crippen molar-refractivity contribution in [2.45, 2.75) is 13.1 Å². The number of thiophene rings is 1. The molecular formula is C12H10Br2N4S. The molecule has 3 aromatic rings. The molecule has 0 atom stereocenters. The summed E-state index contributed by atoms with van der Waals surface area (Å²) < 4.78 is 4.00. The van der Waals surface area contributed by atoms with Gasteiger partial charge >= 0.3 is 0 Å². The molecule has 0 bridgehead atoms. The second kappa shape index (κ2) is 5.70. The molecule has 0 amide bonds. The lowest BCUT2D eigenvalue weighted by molar-refractivity contribution is 0.681. The van der Waals surface area contributed by atoms with Crippen LogP contribution in [-0.2, 0) is 13.1 Å². The van der Waals surface area contributed by atoms with Gasteiger partial charge in [0.25, 0.3) is 0 Å². The number of hydrogen-bond donors (Lipinski definition) is 1. The van der Waals surface area contributed by atoms with Crippen LogP contribution >= 0.6 is 43.2 Å². The van der Waals surface area contributed by atoms with E-state index in [1.165, 1.54) is 4.88 Å². The van der Waals surface area contributed by atoms with Crippen molar-refractivity contribution in [1.29, 1.82) is 0 Å². The van der Waals surface area contributed by atoms with E-state index in [2.05, 4.69) is 59.3 Å². The van der Waals surface area contributed by atoms with Crippen LogP contribution in [0.15, 0.2) is 39.1 Å². The van der Waals surface area contributed by atoms with Crippen LogP contribution in [0.3, 0.4) is 0 Å². The fourth-order valence-electron chi connectivity index (χ4n) is 1.81. The summed E-state index contributed by atoms with van der Waals surface area (Å²) in [5, 5.41) is 3.42. The number of nitrogens with zero attached hydrogens (tertiary/aromatic N) is 3. The smallest absolute Gasteiger partial charge is 0.155 e. The quantitative estimate of drug-likeness (QED) is 0.726. The number of fused-ring (bicyclic) bond motifs is 1. The van der Waals surface area contributed by atoms with Gasteiger partial charge in [-0.15, -0.1) is 11.3 Å². The Morgan fingerprint density at radius 3 is 2.84 bits per heavy atom. The summed E-state index contributed by atoms with van der Waals surface area (Å²) >= 11 is 8.59. The Balaban J connectivity index is 1.70. The molecule has 1 N–H and O–H groups in total. The Labute approximate surface area is 131 Å². The Bertz CT molecular complexity index is 707. The molecule has 0 saturated carbocycles. The van der Waals surface area contributed by atoms with Gasteiger partial charge in [-0.25, -0.2) is 9.97 Å². The summed E-state index contributed by atoms with van der Waals surface area (Å²) in [6.07, 6.45) is 5.56. The lowest BCUT2D eigenvalue weighted by Gasteiger charge is -2.03. The summed E-state index contributed by atoms with van der Waals surface area (Å²) in [5.74, 6) is 0. The topological polar surface area (TPSA) is 42.2 Å². The number of nitrogens with one attached hydrogen (secondary N) is 1. The molecule has 0 saturated heterocycles. The van der Waals surface area contributed by atoms with Gasteiger partial charge in [0.2, 0.25) is 0 Å². The lowest BCUT2D eigenvalue weighted by atomic mass is 10.4. The van der Waals surface area contributed by atoms with Crippen LogP contribution in [0.2, 0.25) is 0 Å². The Hall–Kier alpha value is -0.760. The standard InChI is InChI=1S/C12H10Br2N4S/c13-10-7-18-8(4-17-12(18)6-16-10)3-15-5-9-1-2-11(14)19-9/h1-2,4,6-7,15H,3,5H2. The first-order valence-electron chi connectivity index (χ1n) is 5.65. The van der Waals surface area contributed by atoms with E-state index in [1.54, 1.807) is 17.5 Å². The predicted octanol–water partition coefficient (Wildman–Crippen LogP) is 3.61. The monoisotopic (exact) mass is 400 g/mol. The predicted molar refractivity (Wildman–Crippen MR) is 83.2 cm³/mol.